The number of rotatable bonds is 6. The molecule has 5 rings (SSSR count). The largest absolute Gasteiger partial charge is 0.299 e. The van der Waals surface area contributed by atoms with Gasteiger partial charge < -0.3 is 0 Å². The molecule has 0 aliphatic carbocycles. The minimum Gasteiger partial charge on any atom is -0.299 e. The van der Waals surface area contributed by atoms with E-state index in [0.29, 0.717) is 33.5 Å². The topological polar surface area (TPSA) is 114 Å². The molecule has 4 aromatic heterocycles. The maximum Gasteiger partial charge on any atom is 0.279 e. The van der Waals surface area contributed by atoms with Crippen molar-refractivity contribution < 1.29 is 4.79 Å². The Morgan fingerprint density at radius 1 is 0.788 bits per heavy atom. The molecule has 1 aromatic carbocycles. The van der Waals surface area contributed by atoms with Crippen molar-refractivity contribution in [2.75, 3.05) is 5.75 Å². The van der Waals surface area contributed by atoms with Crippen LogP contribution in [-0.2, 0) is 0 Å². The van der Waals surface area contributed by atoms with Crippen molar-refractivity contribution in [1.82, 2.24) is 29.9 Å². The van der Waals surface area contributed by atoms with Gasteiger partial charge in [-0.2, -0.15) is 0 Å². The second-order valence-electron chi connectivity index (χ2n) is 6.97. The summed E-state index contributed by atoms with van der Waals surface area (Å²) in [5, 5.41) is 0.295. The van der Waals surface area contributed by atoms with Crippen molar-refractivity contribution in [3.63, 3.8) is 0 Å². The Balaban J connectivity index is 1.56. The van der Waals surface area contributed by atoms with Gasteiger partial charge in [-0.3, -0.25) is 24.5 Å². The molecule has 4 heterocycles. The molecule has 9 heteroatoms. The Morgan fingerprint density at radius 3 is 2.06 bits per heavy atom. The fourth-order valence-corrected chi connectivity index (χ4v) is 3.96. The van der Waals surface area contributed by atoms with E-state index in [4.69, 9.17) is 0 Å². The van der Waals surface area contributed by atoms with Gasteiger partial charge in [-0.05, 0) is 24.3 Å². The highest BCUT2D eigenvalue weighted by atomic mass is 32.2. The van der Waals surface area contributed by atoms with Crippen molar-refractivity contribution in [3.8, 4) is 22.8 Å². The zero-order chi connectivity index (χ0) is 22.6. The molecule has 0 unspecified atom stereocenters. The highest BCUT2D eigenvalue weighted by Crippen LogP contribution is 2.27. The molecule has 0 bridgehead atoms. The van der Waals surface area contributed by atoms with Gasteiger partial charge in [-0.25, -0.2) is 15.0 Å². The number of H-pyrrole nitrogens is 1. The lowest BCUT2D eigenvalue weighted by molar-refractivity contribution is 0.102. The molecule has 0 aliphatic heterocycles. The quantitative estimate of drug-likeness (QED) is 0.235. The first-order chi connectivity index (χ1) is 16.2. The Bertz CT molecular complexity index is 1490. The molecule has 5 aromatic rings. The maximum atomic E-state index is 12.8. The van der Waals surface area contributed by atoms with Crippen LogP contribution in [0.4, 0.5) is 0 Å². The molecule has 0 amide bonds. The van der Waals surface area contributed by atoms with Gasteiger partial charge in [-0.1, -0.05) is 54.2 Å². The zero-order valence-corrected chi connectivity index (χ0v) is 18.0. The van der Waals surface area contributed by atoms with Gasteiger partial charge in [0.2, 0.25) is 0 Å². The van der Waals surface area contributed by atoms with E-state index < -0.39 is 5.56 Å². The van der Waals surface area contributed by atoms with Crippen LogP contribution in [0.1, 0.15) is 10.4 Å². The summed E-state index contributed by atoms with van der Waals surface area (Å²) in [6.07, 6.45) is 3.31. The SMILES string of the molecule is O=C(CSc1nc2nc(-c3ccccn3)c(-c3ccccn3)nc2c(=O)[nH]1)c1ccccc1. The summed E-state index contributed by atoms with van der Waals surface area (Å²) >= 11 is 1.14. The average molecular weight is 452 g/mol. The number of fused-ring (bicyclic) bond motifs is 1. The molecule has 0 radical (unpaired) electrons. The van der Waals surface area contributed by atoms with Crippen LogP contribution >= 0.6 is 11.8 Å². The van der Waals surface area contributed by atoms with Crippen LogP contribution in [0.3, 0.4) is 0 Å². The first kappa shape index (κ1) is 20.7. The first-order valence-electron chi connectivity index (χ1n) is 10.0. The van der Waals surface area contributed by atoms with Crippen LogP contribution in [0, 0.1) is 0 Å². The monoisotopic (exact) mass is 452 g/mol. The standard InChI is InChI=1S/C24H16N6O2S/c31-18(15-8-2-1-3-9-15)14-33-24-29-22-21(23(32)30-24)27-19(16-10-4-6-12-25-16)20(28-22)17-11-5-7-13-26-17/h1-13H,14H2,(H,28,29,30,32). The van der Waals surface area contributed by atoms with Crippen molar-refractivity contribution >= 4 is 28.7 Å². The fraction of sp³-hybridized carbons (Fsp3) is 0.0417. The third-order valence-corrected chi connectivity index (χ3v) is 5.64. The minimum absolute atomic E-state index is 0.0610. The summed E-state index contributed by atoms with van der Waals surface area (Å²) in [7, 11) is 0. The predicted octanol–water partition coefficient (Wildman–Crippen LogP) is 3.81. The molecule has 0 saturated carbocycles. The maximum absolute atomic E-state index is 12.8. The smallest absolute Gasteiger partial charge is 0.279 e. The minimum atomic E-state index is -0.438. The van der Waals surface area contributed by atoms with E-state index in [2.05, 4.69) is 29.9 Å². The number of thioether (sulfide) groups is 1. The Kier molecular flexibility index (Phi) is 5.69. The van der Waals surface area contributed by atoms with Gasteiger partial charge in [0.15, 0.2) is 22.1 Å². The fourth-order valence-electron chi connectivity index (χ4n) is 3.21. The third kappa shape index (κ3) is 4.39. The highest BCUT2D eigenvalue weighted by Gasteiger charge is 2.18. The van der Waals surface area contributed by atoms with Gasteiger partial charge in [-0.15, -0.1) is 0 Å². The number of hydrogen-bond donors (Lipinski definition) is 1. The van der Waals surface area contributed by atoms with Crippen LogP contribution < -0.4 is 5.56 Å². The Hall–Kier alpha value is -4.24. The first-order valence-corrected chi connectivity index (χ1v) is 11.0. The van der Waals surface area contributed by atoms with Crippen LogP contribution in [0.15, 0.2) is 89.1 Å². The van der Waals surface area contributed by atoms with E-state index in [-0.39, 0.29) is 22.7 Å². The van der Waals surface area contributed by atoms with E-state index in [1.807, 2.05) is 36.4 Å². The molecule has 0 atom stereocenters. The normalized spacial score (nSPS) is 10.9. The summed E-state index contributed by atoms with van der Waals surface area (Å²) < 4.78 is 0. The summed E-state index contributed by atoms with van der Waals surface area (Å²) in [5.41, 5.74) is 2.49. The van der Waals surface area contributed by atoms with E-state index in [9.17, 15) is 9.59 Å². The van der Waals surface area contributed by atoms with Crippen molar-refractivity contribution in [2.24, 2.45) is 0 Å². The number of ketones is 1. The van der Waals surface area contributed by atoms with E-state index >= 15 is 0 Å². The molecule has 0 spiro atoms. The number of aromatic amines is 1. The lowest BCUT2D eigenvalue weighted by Gasteiger charge is -2.09. The molecule has 8 nitrogen and oxygen atoms in total. The van der Waals surface area contributed by atoms with Crippen LogP contribution in [-0.4, -0.2) is 41.4 Å². The van der Waals surface area contributed by atoms with Crippen molar-refractivity contribution in [1.29, 1.82) is 0 Å². The summed E-state index contributed by atoms with van der Waals surface area (Å²) in [4.78, 5) is 50.3. The van der Waals surface area contributed by atoms with Gasteiger partial charge in [0.1, 0.15) is 11.4 Å². The molecular formula is C24H16N6O2S. The zero-order valence-electron chi connectivity index (χ0n) is 17.2. The lowest BCUT2D eigenvalue weighted by atomic mass is 10.1. The number of nitrogens with one attached hydrogen (secondary N) is 1. The number of carbonyl (C=O) groups excluding carboxylic acids is 1. The number of benzene rings is 1. The number of aromatic nitrogens is 6. The average Bonchev–Trinajstić information content (AvgIpc) is 2.88. The molecule has 0 fully saturated rings. The van der Waals surface area contributed by atoms with Gasteiger partial charge in [0.25, 0.3) is 5.56 Å². The molecule has 0 saturated heterocycles. The van der Waals surface area contributed by atoms with Gasteiger partial charge in [0.05, 0.1) is 17.1 Å². The highest BCUT2D eigenvalue weighted by molar-refractivity contribution is 7.99. The number of hydrogen-bond acceptors (Lipinski definition) is 8. The summed E-state index contributed by atoms with van der Waals surface area (Å²) in [6, 6.07) is 19.9. The Morgan fingerprint density at radius 2 is 1.42 bits per heavy atom. The predicted molar refractivity (Wildman–Crippen MR) is 126 cm³/mol. The summed E-state index contributed by atoms with van der Waals surface area (Å²) in [5.74, 6) is 0.0690. The van der Waals surface area contributed by atoms with E-state index in [0.717, 1.165) is 11.8 Å². The van der Waals surface area contributed by atoms with Crippen molar-refractivity contribution in [3.05, 3.63) is 95.0 Å². The van der Waals surface area contributed by atoms with E-state index in [1.165, 1.54) is 0 Å². The third-order valence-electron chi connectivity index (χ3n) is 4.77. The number of pyridine rings is 2. The van der Waals surface area contributed by atoms with Crippen LogP contribution in [0.25, 0.3) is 33.9 Å². The molecule has 160 valence electrons. The molecule has 1 N–H and O–H groups in total. The second-order valence-corrected chi connectivity index (χ2v) is 7.94. The summed E-state index contributed by atoms with van der Waals surface area (Å²) in [6.45, 7) is 0. The van der Waals surface area contributed by atoms with Crippen LogP contribution in [0.2, 0.25) is 0 Å². The second kappa shape index (κ2) is 9.09. The number of carbonyl (C=O) groups is 1. The van der Waals surface area contributed by atoms with Gasteiger partial charge in [0, 0.05) is 18.0 Å². The molecular weight excluding hydrogens is 436 g/mol. The van der Waals surface area contributed by atoms with Gasteiger partial charge >= 0.3 is 0 Å². The van der Waals surface area contributed by atoms with Crippen molar-refractivity contribution in [2.45, 2.75) is 5.16 Å². The van der Waals surface area contributed by atoms with E-state index in [1.54, 1.807) is 42.7 Å². The molecule has 0 aliphatic rings. The lowest BCUT2D eigenvalue weighted by Crippen LogP contribution is -2.14. The number of nitrogens with zero attached hydrogens (tertiary/aromatic N) is 5. The number of Topliss-reactive ketones (excluding diaryl/α,β-unsaturated/α-hetero) is 1. The van der Waals surface area contributed by atoms with Crippen LogP contribution in [0.5, 0.6) is 0 Å². The molecule has 33 heavy (non-hydrogen) atoms. The Labute approximate surface area is 192 Å².